The second-order valence-electron chi connectivity index (χ2n) is 5.72. The van der Waals surface area contributed by atoms with Crippen LogP contribution in [0, 0.1) is 0 Å². The SMILES string of the molecule is CCOc1cccc(-c2ccc3c(NC(=O)c4ccco4)n[nH]c3c2)c1. The maximum absolute atomic E-state index is 12.1. The van der Waals surface area contributed by atoms with Crippen LogP contribution >= 0.6 is 0 Å². The Morgan fingerprint density at radius 2 is 2.04 bits per heavy atom. The number of furan rings is 1. The largest absolute Gasteiger partial charge is 0.494 e. The van der Waals surface area contributed by atoms with Gasteiger partial charge in [-0.15, -0.1) is 0 Å². The fourth-order valence-electron chi connectivity index (χ4n) is 2.80. The van der Waals surface area contributed by atoms with Gasteiger partial charge in [0.2, 0.25) is 0 Å². The summed E-state index contributed by atoms with van der Waals surface area (Å²) in [4.78, 5) is 12.1. The molecule has 0 saturated heterocycles. The van der Waals surface area contributed by atoms with Crippen molar-refractivity contribution in [2.75, 3.05) is 11.9 Å². The molecule has 0 bridgehead atoms. The predicted octanol–water partition coefficient (Wildman–Crippen LogP) is 4.47. The molecule has 2 aromatic carbocycles. The molecule has 0 spiro atoms. The minimum atomic E-state index is -0.336. The van der Waals surface area contributed by atoms with Gasteiger partial charge in [-0.1, -0.05) is 18.2 Å². The van der Waals surface area contributed by atoms with Crippen molar-refractivity contribution in [2.24, 2.45) is 0 Å². The number of amides is 1. The van der Waals surface area contributed by atoms with Crippen molar-refractivity contribution in [1.29, 1.82) is 0 Å². The van der Waals surface area contributed by atoms with Crippen molar-refractivity contribution in [3.63, 3.8) is 0 Å². The van der Waals surface area contributed by atoms with Gasteiger partial charge in [0, 0.05) is 5.39 Å². The van der Waals surface area contributed by atoms with Crippen LogP contribution in [0.15, 0.2) is 65.3 Å². The zero-order valence-electron chi connectivity index (χ0n) is 14.2. The molecule has 130 valence electrons. The van der Waals surface area contributed by atoms with Gasteiger partial charge in [0.25, 0.3) is 5.91 Å². The van der Waals surface area contributed by atoms with Gasteiger partial charge in [-0.05, 0) is 54.4 Å². The topological polar surface area (TPSA) is 80.2 Å². The summed E-state index contributed by atoms with van der Waals surface area (Å²) in [5.74, 6) is 1.21. The van der Waals surface area contributed by atoms with E-state index in [4.69, 9.17) is 9.15 Å². The molecular weight excluding hydrogens is 330 g/mol. The average molecular weight is 347 g/mol. The highest BCUT2D eigenvalue weighted by atomic mass is 16.5. The van der Waals surface area contributed by atoms with Gasteiger partial charge in [0.05, 0.1) is 18.4 Å². The Balaban J connectivity index is 1.63. The summed E-state index contributed by atoms with van der Waals surface area (Å²) >= 11 is 0. The molecule has 0 aliphatic rings. The van der Waals surface area contributed by atoms with Crippen LogP contribution in [0.1, 0.15) is 17.5 Å². The lowest BCUT2D eigenvalue weighted by atomic mass is 10.0. The highest BCUT2D eigenvalue weighted by Crippen LogP contribution is 2.29. The third kappa shape index (κ3) is 3.04. The van der Waals surface area contributed by atoms with Gasteiger partial charge >= 0.3 is 0 Å². The molecule has 0 unspecified atom stereocenters. The van der Waals surface area contributed by atoms with Crippen LogP contribution in [0.4, 0.5) is 5.82 Å². The van der Waals surface area contributed by atoms with E-state index in [1.165, 1.54) is 6.26 Å². The van der Waals surface area contributed by atoms with Gasteiger partial charge in [0.1, 0.15) is 5.75 Å². The van der Waals surface area contributed by atoms with E-state index >= 15 is 0 Å². The lowest BCUT2D eigenvalue weighted by Gasteiger charge is -2.06. The molecule has 2 aromatic heterocycles. The maximum Gasteiger partial charge on any atom is 0.292 e. The quantitative estimate of drug-likeness (QED) is 0.558. The highest BCUT2D eigenvalue weighted by Gasteiger charge is 2.13. The maximum atomic E-state index is 12.1. The van der Waals surface area contributed by atoms with E-state index in [0.717, 1.165) is 27.8 Å². The number of fused-ring (bicyclic) bond motifs is 1. The highest BCUT2D eigenvalue weighted by molar-refractivity contribution is 6.06. The fraction of sp³-hybridized carbons (Fsp3) is 0.100. The number of H-pyrrole nitrogens is 1. The first-order valence-corrected chi connectivity index (χ1v) is 8.31. The minimum absolute atomic E-state index is 0.241. The molecule has 4 aromatic rings. The number of nitrogens with one attached hydrogen (secondary N) is 2. The summed E-state index contributed by atoms with van der Waals surface area (Å²) in [6.45, 7) is 2.59. The second kappa shape index (κ2) is 6.76. The monoisotopic (exact) mass is 347 g/mol. The summed E-state index contributed by atoms with van der Waals surface area (Å²) in [5.41, 5.74) is 2.92. The van der Waals surface area contributed by atoms with E-state index < -0.39 is 0 Å². The molecule has 2 N–H and O–H groups in total. The number of rotatable bonds is 5. The Bertz CT molecular complexity index is 1050. The zero-order valence-corrected chi connectivity index (χ0v) is 14.2. The lowest BCUT2D eigenvalue weighted by Crippen LogP contribution is -2.11. The summed E-state index contributed by atoms with van der Waals surface area (Å²) in [7, 11) is 0. The van der Waals surface area contributed by atoms with Crippen molar-refractivity contribution in [1.82, 2.24) is 10.2 Å². The Hall–Kier alpha value is -3.54. The summed E-state index contributed by atoms with van der Waals surface area (Å²) in [5, 5.41) is 10.8. The van der Waals surface area contributed by atoms with Gasteiger partial charge in [-0.3, -0.25) is 9.89 Å². The van der Waals surface area contributed by atoms with Gasteiger partial charge in [-0.2, -0.15) is 5.10 Å². The number of carbonyl (C=O) groups is 1. The van der Waals surface area contributed by atoms with Gasteiger partial charge < -0.3 is 14.5 Å². The third-order valence-corrected chi connectivity index (χ3v) is 4.02. The molecular formula is C20H17N3O3. The van der Waals surface area contributed by atoms with Crippen molar-refractivity contribution in [3.8, 4) is 16.9 Å². The average Bonchev–Trinajstić information content (AvgIpc) is 3.32. The molecule has 4 rings (SSSR count). The minimum Gasteiger partial charge on any atom is -0.494 e. The number of aromatic nitrogens is 2. The van der Waals surface area contributed by atoms with E-state index in [0.29, 0.717) is 12.4 Å². The van der Waals surface area contributed by atoms with Crippen LogP contribution in [-0.4, -0.2) is 22.7 Å². The van der Waals surface area contributed by atoms with Crippen LogP contribution < -0.4 is 10.1 Å². The van der Waals surface area contributed by atoms with E-state index in [1.807, 2.05) is 49.4 Å². The van der Waals surface area contributed by atoms with E-state index in [1.54, 1.807) is 12.1 Å². The number of carbonyl (C=O) groups excluding carboxylic acids is 1. The van der Waals surface area contributed by atoms with Crippen molar-refractivity contribution in [2.45, 2.75) is 6.92 Å². The number of hydrogen-bond donors (Lipinski definition) is 2. The molecule has 26 heavy (non-hydrogen) atoms. The smallest absolute Gasteiger partial charge is 0.292 e. The molecule has 0 radical (unpaired) electrons. The van der Waals surface area contributed by atoms with Gasteiger partial charge in [0.15, 0.2) is 11.6 Å². The first-order chi connectivity index (χ1) is 12.7. The standard InChI is InChI=1S/C20H17N3O3/c1-2-25-15-6-3-5-13(11-15)14-8-9-16-17(12-14)22-23-19(16)21-20(24)18-7-4-10-26-18/h3-12H,2H2,1H3,(H2,21,22,23,24). The predicted molar refractivity (Wildman–Crippen MR) is 99.4 cm³/mol. The Morgan fingerprint density at radius 3 is 2.85 bits per heavy atom. The first-order valence-electron chi connectivity index (χ1n) is 8.31. The lowest BCUT2D eigenvalue weighted by molar-refractivity contribution is 0.0996. The molecule has 0 saturated carbocycles. The molecule has 6 heteroatoms. The van der Waals surface area contributed by atoms with E-state index in [9.17, 15) is 4.79 Å². The van der Waals surface area contributed by atoms with Crippen LogP contribution in [0.5, 0.6) is 5.75 Å². The van der Waals surface area contributed by atoms with E-state index in [2.05, 4.69) is 15.5 Å². The number of benzene rings is 2. The second-order valence-corrected chi connectivity index (χ2v) is 5.72. The van der Waals surface area contributed by atoms with E-state index in [-0.39, 0.29) is 11.7 Å². The number of hydrogen-bond acceptors (Lipinski definition) is 4. The van der Waals surface area contributed by atoms with Crippen LogP contribution in [0.2, 0.25) is 0 Å². The number of anilines is 1. The molecule has 0 aliphatic heterocycles. The summed E-state index contributed by atoms with van der Waals surface area (Å²) < 4.78 is 10.7. The third-order valence-electron chi connectivity index (χ3n) is 4.02. The fourth-order valence-corrected chi connectivity index (χ4v) is 2.80. The molecule has 2 heterocycles. The van der Waals surface area contributed by atoms with Crippen molar-refractivity contribution in [3.05, 3.63) is 66.6 Å². The normalized spacial score (nSPS) is 10.8. The van der Waals surface area contributed by atoms with Gasteiger partial charge in [-0.25, -0.2) is 0 Å². The molecule has 0 atom stereocenters. The van der Waals surface area contributed by atoms with Crippen LogP contribution in [-0.2, 0) is 0 Å². The number of aromatic amines is 1. The summed E-state index contributed by atoms with van der Waals surface area (Å²) in [6.07, 6.45) is 1.46. The Morgan fingerprint density at radius 1 is 1.15 bits per heavy atom. The van der Waals surface area contributed by atoms with Crippen LogP contribution in [0.3, 0.4) is 0 Å². The number of ether oxygens (including phenoxy) is 1. The Labute approximate surface area is 149 Å². The summed E-state index contributed by atoms with van der Waals surface area (Å²) in [6, 6.07) is 17.1. The van der Waals surface area contributed by atoms with Crippen LogP contribution in [0.25, 0.3) is 22.0 Å². The first kappa shape index (κ1) is 16.0. The van der Waals surface area contributed by atoms with Crippen molar-refractivity contribution < 1.29 is 13.9 Å². The Kier molecular flexibility index (Phi) is 4.15. The zero-order chi connectivity index (χ0) is 17.9. The van der Waals surface area contributed by atoms with Crippen molar-refractivity contribution >= 4 is 22.6 Å². The molecule has 1 amide bonds. The number of nitrogens with zero attached hydrogens (tertiary/aromatic N) is 1. The molecule has 0 fully saturated rings. The molecule has 6 nitrogen and oxygen atoms in total. The molecule has 0 aliphatic carbocycles.